The van der Waals surface area contributed by atoms with Crippen molar-refractivity contribution in [2.45, 2.75) is 6.18 Å². The number of aromatic nitrogens is 4. The lowest BCUT2D eigenvalue weighted by Crippen LogP contribution is -2.07. The first-order valence-electron chi connectivity index (χ1n) is 3.80. The Morgan fingerprint density at radius 1 is 1.44 bits per heavy atom. The number of nitrogens with zero attached hydrogens (tertiary/aromatic N) is 4. The Kier molecular flexibility index (Phi) is 2.50. The third kappa shape index (κ3) is 1.95. The second kappa shape index (κ2) is 3.59. The number of nitrogen functional groups attached to an aromatic ring is 1. The number of halogens is 4. The van der Waals surface area contributed by atoms with Gasteiger partial charge in [0.15, 0.2) is 5.82 Å². The van der Waals surface area contributed by atoms with E-state index in [1.54, 1.807) is 0 Å². The van der Waals surface area contributed by atoms with Gasteiger partial charge in [0, 0.05) is 11.5 Å². The maximum atomic E-state index is 12.2. The summed E-state index contributed by atoms with van der Waals surface area (Å²) < 4.78 is 40.8. The summed E-state index contributed by atoms with van der Waals surface area (Å²) in [6.45, 7) is 0. The van der Waals surface area contributed by atoms with Crippen molar-refractivity contribution in [3.63, 3.8) is 0 Å². The van der Waals surface area contributed by atoms with Crippen LogP contribution in [0, 0.1) is 0 Å². The number of hydrogen-bond acceptors (Lipinski definition) is 5. The van der Waals surface area contributed by atoms with Crippen LogP contribution in [0.25, 0.3) is 5.13 Å². The Morgan fingerprint density at radius 3 is 2.56 bits per heavy atom. The maximum Gasteiger partial charge on any atom is 0.452 e. The topological polar surface area (TPSA) is 69.6 Å². The number of alkyl halides is 3. The highest BCUT2D eigenvalue weighted by molar-refractivity contribution is 7.08. The lowest BCUT2D eigenvalue weighted by molar-refractivity contribution is -0.144. The second-order valence-corrected chi connectivity index (χ2v) is 3.84. The van der Waals surface area contributed by atoms with E-state index in [1.807, 2.05) is 0 Å². The molecule has 2 rings (SSSR count). The molecule has 10 heteroatoms. The average molecular weight is 270 g/mol. The molecule has 0 unspecified atom stereocenters. The third-order valence-electron chi connectivity index (χ3n) is 1.56. The van der Waals surface area contributed by atoms with Crippen LogP contribution in [0.3, 0.4) is 0 Å². The standard InChI is InChI=1S/C6H3ClF3N5S/c7-2-1-15(13-3(2)11)5-12-4(14-16-5)6(8,9)10/h1H,(H2,11,13). The molecule has 0 aliphatic rings. The molecule has 16 heavy (non-hydrogen) atoms. The highest BCUT2D eigenvalue weighted by atomic mass is 35.5. The fraction of sp³-hybridized carbons (Fsp3) is 0.167. The highest BCUT2D eigenvalue weighted by Gasteiger charge is 2.36. The van der Waals surface area contributed by atoms with Gasteiger partial charge in [-0.25, -0.2) is 4.68 Å². The predicted molar refractivity (Wildman–Crippen MR) is 51.5 cm³/mol. The predicted octanol–water partition coefficient (Wildman–Crippen LogP) is 1.98. The van der Waals surface area contributed by atoms with Crippen LogP contribution in [-0.4, -0.2) is 19.1 Å². The molecule has 0 saturated heterocycles. The van der Waals surface area contributed by atoms with Crippen molar-refractivity contribution in [1.29, 1.82) is 0 Å². The molecular weight excluding hydrogens is 267 g/mol. The van der Waals surface area contributed by atoms with Gasteiger partial charge in [0.25, 0.3) is 0 Å². The Bertz CT molecular complexity index is 499. The van der Waals surface area contributed by atoms with Crippen molar-refractivity contribution in [3.05, 3.63) is 17.0 Å². The zero-order valence-corrected chi connectivity index (χ0v) is 8.94. The van der Waals surface area contributed by atoms with Gasteiger partial charge < -0.3 is 5.73 Å². The minimum Gasteiger partial charge on any atom is -0.381 e. The molecule has 0 amide bonds. The van der Waals surface area contributed by atoms with E-state index in [4.69, 9.17) is 17.3 Å². The summed E-state index contributed by atoms with van der Waals surface area (Å²) in [4.78, 5) is 3.27. The molecule has 2 N–H and O–H groups in total. The average Bonchev–Trinajstić information content (AvgIpc) is 2.73. The zero-order chi connectivity index (χ0) is 11.9. The van der Waals surface area contributed by atoms with Gasteiger partial charge in [0.05, 0.1) is 6.20 Å². The van der Waals surface area contributed by atoms with E-state index in [9.17, 15) is 13.2 Å². The second-order valence-electron chi connectivity index (χ2n) is 2.71. The van der Waals surface area contributed by atoms with Gasteiger partial charge in [-0.1, -0.05) is 11.6 Å². The quantitative estimate of drug-likeness (QED) is 0.859. The third-order valence-corrected chi connectivity index (χ3v) is 2.56. The lowest BCUT2D eigenvalue weighted by atomic mass is 10.6. The molecular formula is C6H3ClF3N5S. The molecule has 86 valence electrons. The molecule has 0 radical (unpaired) electrons. The van der Waals surface area contributed by atoms with Gasteiger partial charge in [-0.3, -0.25) is 0 Å². The molecule has 0 aliphatic heterocycles. The normalized spacial score (nSPS) is 12.0. The molecule has 0 saturated carbocycles. The van der Waals surface area contributed by atoms with Crippen molar-refractivity contribution in [2.75, 3.05) is 5.73 Å². The minimum atomic E-state index is -4.57. The summed E-state index contributed by atoms with van der Waals surface area (Å²) in [5, 5.41) is 3.77. The van der Waals surface area contributed by atoms with Crippen LogP contribution in [0.5, 0.6) is 0 Å². The van der Waals surface area contributed by atoms with E-state index in [1.165, 1.54) is 6.20 Å². The molecule has 0 aliphatic carbocycles. The highest BCUT2D eigenvalue weighted by Crippen LogP contribution is 2.29. The molecule has 0 fully saturated rings. The van der Waals surface area contributed by atoms with Crippen molar-refractivity contribution < 1.29 is 13.2 Å². The molecule has 5 nitrogen and oxygen atoms in total. The summed E-state index contributed by atoms with van der Waals surface area (Å²) in [6.07, 6.45) is -3.31. The number of nitrogens with two attached hydrogens (primary N) is 1. The van der Waals surface area contributed by atoms with Gasteiger partial charge in [0.2, 0.25) is 11.0 Å². The lowest BCUT2D eigenvalue weighted by Gasteiger charge is -1.97. The van der Waals surface area contributed by atoms with Gasteiger partial charge in [-0.2, -0.15) is 22.5 Å². The van der Waals surface area contributed by atoms with Crippen LogP contribution >= 0.6 is 23.1 Å². The molecule has 0 aromatic carbocycles. The largest absolute Gasteiger partial charge is 0.452 e. The Morgan fingerprint density at radius 2 is 2.12 bits per heavy atom. The fourth-order valence-corrected chi connectivity index (χ4v) is 1.64. The van der Waals surface area contributed by atoms with Crippen LogP contribution in [0.4, 0.5) is 19.0 Å². The molecule has 0 bridgehead atoms. The summed E-state index contributed by atoms with van der Waals surface area (Å²) in [5.41, 5.74) is 5.34. The summed E-state index contributed by atoms with van der Waals surface area (Å²) in [5.74, 6) is -1.19. The van der Waals surface area contributed by atoms with Crippen molar-refractivity contribution in [3.8, 4) is 5.13 Å². The van der Waals surface area contributed by atoms with Crippen LogP contribution in [0.1, 0.15) is 5.82 Å². The van der Waals surface area contributed by atoms with Gasteiger partial charge in [-0.15, -0.1) is 5.10 Å². The summed E-state index contributed by atoms with van der Waals surface area (Å²) in [7, 11) is 0. The van der Waals surface area contributed by atoms with Crippen LogP contribution in [-0.2, 0) is 6.18 Å². The van der Waals surface area contributed by atoms with Crippen LogP contribution in [0.2, 0.25) is 5.02 Å². The van der Waals surface area contributed by atoms with Crippen LogP contribution in [0.15, 0.2) is 6.20 Å². The summed E-state index contributed by atoms with van der Waals surface area (Å²) >= 11 is 6.16. The fourth-order valence-electron chi connectivity index (χ4n) is 0.888. The number of anilines is 1. The van der Waals surface area contributed by atoms with Gasteiger partial charge >= 0.3 is 6.18 Å². The van der Waals surface area contributed by atoms with E-state index >= 15 is 0 Å². The molecule has 0 atom stereocenters. The Balaban J connectivity index is 2.39. The smallest absolute Gasteiger partial charge is 0.381 e. The number of hydrogen-bond donors (Lipinski definition) is 1. The van der Waals surface area contributed by atoms with Crippen molar-refractivity contribution in [1.82, 2.24) is 19.1 Å². The Labute approximate surface area is 95.8 Å². The van der Waals surface area contributed by atoms with E-state index in [0.717, 1.165) is 4.68 Å². The van der Waals surface area contributed by atoms with Crippen LogP contribution < -0.4 is 5.73 Å². The molecule has 0 spiro atoms. The molecule has 2 heterocycles. The summed E-state index contributed by atoms with van der Waals surface area (Å²) in [6, 6.07) is 0. The van der Waals surface area contributed by atoms with Crippen molar-refractivity contribution in [2.24, 2.45) is 0 Å². The van der Waals surface area contributed by atoms with Gasteiger partial charge in [-0.05, 0) is 0 Å². The Hall–Kier alpha value is -1.35. The first kappa shape index (κ1) is 11.1. The van der Waals surface area contributed by atoms with Crippen molar-refractivity contribution >= 4 is 29.0 Å². The van der Waals surface area contributed by atoms with E-state index in [0.29, 0.717) is 11.5 Å². The maximum absolute atomic E-state index is 12.2. The zero-order valence-electron chi connectivity index (χ0n) is 7.36. The van der Waals surface area contributed by atoms with E-state index in [-0.39, 0.29) is 16.0 Å². The number of rotatable bonds is 1. The minimum absolute atomic E-state index is 0.0189. The monoisotopic (exact) mass is 269 g/mol. The van der Waals surface area contributed by atoms with E-state index < -0.39 is 12.0 Å². The van der Waals surface area contributed by atoms with E-state index in [2.05, 4.69) is 14.5 Å². The van der Waals surface area contributed by atoms with Gasteiger partial charge in [0.1, 0.15) is 5.02 Å². The molecule has 2 aromatic heterocycles. The SMILES string of the molecule is Nc1nn(-c2nc(C(F)(F)F)ns2)cc1Cl. The first-order chi connectivity index (χ1) is 7.38. The first-order valence-corrected chi connectivity index (χ1v) is 4.95. The molecule has 2 aromatic rings.